The summed E-state index contributed by atoms with van der Waals surface area (Å²) < 4.78 is 0. The Morgan fingerprint density at radius 1 is 1.64 bits per heavy atom. The molecule has 1 heterocycles. The van der Waals surface area contributed by atoms with Gasteiger partial charge in [0.2, 0.25) is 0 Å². The van der Waals surface area contributed by atoms with E-state index >= 15 is 0 Å². The first kappa shape index (κ1) is 11.4. The lowest BCUT2D eigenvalue weighted by atomic mass is 10.0. The Labute approximate surface area is 88.1 Å². The highest BCUT2D eigenvalue weighted by atomic mass is 32.2. The van der Waals surface area contributed by atoms with E-state index in [1.54, 1.807) is 17.8 Å². The molecule has 0 aliphatic carbocycles. The van der Waals surface area contributed by atoms with Gasteiger partial charge in [-0.1, -0.05) is 6.08 Å². The van der Waals surface area contributed by atoms with Gasteiger partial charge >= 0.3 is 6.03 Å². The molecule has 80 valence electrons. The van der Waals surface area contributed by atoms with Crippen LogP contribution in [0.2, 0.25) is 0 Å². The Bertz CT molecular complexity index is 215. The molecule has 14 heavy (non-hydrogen) atoms. The maximum atomic E-state index is 11.1. The number of aliphatic hydroxyl groups is 1. The van der Waals surface area contributed by atoms with Crippen molar-refractivity contribution in [1.29, 1.82) is 0 Å². The molecule has 1 atom stereocenters. The van der Waals surface area contributed by atoms with Crippen molar-refractivity contribution in [3.8, 4) is 0 Å². The third-order valence-electron chi connectivity index (χ3n) is 2.07. The standard InChI is InChI=1S/C9H16N2O2S/c1-2-4-10-8(12)11-6-9(13)3-5-14-7-9/h2,13H,1,3-7H2,(H2,10,11,12). The molecule has 1 aliphatic heterocycles. The molecule has 5 heteroatoms. The largest absolute Gasteiger partial charge is 0.387 e. The smallest absolute Gasteiger partial charge is 0.315 e. The molecule has 4 nitrogen and oxygen atoms in total. The molecule has 0 saturated carbocycles. The van der Waals surface area contributed by atoms with Crippen molar-refractivity contribution in [1.82, 2.24) is 10.6 Å². The average molecular weight is 216 g/mol. The Morgan fingerprint density at radius 2 is 2.43 bits per heavy atom. The normalized spacial score (nSPS) is 25.8. The molecule has 0 aromatic heterocycles. The van der Waals surface area contributed by atoms with Crippen molar-refractivity contribution in [2.75, 3.05) is 24.6 Å². The minimum absolute atomic E-state index is 0.254. The van der Waals surface area contributed by atoms with Gasteiger partial charge in [0.25, 0.3) is 0 Å². The van der Waals surface area contributed by atoms with Crippen LogP contribution in [0.25, 0.3) is 0 Å². The fourth-order valence-electron chi connectivity index (χ4n) is 1.21. The van der Waals surface area contributed by atoms with Gasteiger partial charge in [-0.2, -0.15) is 11.8 Å². The molecule has 0 bridgehead atoms. The van der Waals surface area contributed by atoms with E-state index in [1.807, 2.05) is 0 Å². The maximum Gasteiger partial charge on any atom is 0.315 e. The number of hydrogen-bond acceptors (Lipinski definition) is 3. The summed E-state index contributed by atoms with van der Waals surface area (Å²) in [5.41, 5.74) is -0.712. The molecule has 0 aromatic rings. The molecule has 1 fully saturated rings. The van der Waals surface area contributed by atoms with E-state index in [0.29, 0.717) is 18.8 Å². The van der Waals surface area contributed by atoms with Crippen LogP contribution in [-0.4, -0.2) is 41.3 Å². The van der Waals surface area contributed by atoms with Crippen LogP contribution in [0, 0.1) is 0 Å². The van der Waals surface area contributed by atoms with E-state index in [4.69, 9.17) is 0 Å². The first-order chi connectivity index (χ1) is 6.66. The second-order valence-corrected chi connectivity index (χ2v) is 4.48. The summed E-state index contributed by atoms with van der Waals surface area (Å²) in [5, 5.41) is 15.1. The fraction of sp³-hybridized carbons (Fsp3) is 0.667. The number of amides is 2. The first-order valence-electron chi connectivity index (χ1n) is 4.59. The van der Waals surface area contributed by atoms with Crippen LogP contribution in [0.4, 0.5) is 4.79 Å². The zero-order valence-corrected chi connectivity index (χ0v) is 8.90. The highest BCUT2D eigenvalue weighted by Gasteiger charge is 2.31. The number of hydrogen-bond donors (Lipinski definition) is 3. The topological polar surface area (TPSA) is 61.4 Å². The lowest BCUT2D eigenvalue weighted by molar-refractivity contribution is 0.0700. The van der Waals surface area contributed by atoms with E-state index in [0.717, 1.165) is 12.2 Å². The van der Waals surface area contributed by atoms with Gasteiger partial charge in [0.1, 0.15) is 0 Å². The van der Waals surface area contributed by atoms with E-state index in [1.165, 1.54) is 0 Å². The number of thioether (sulfide) groups is 1. The number of urea groups is 1. The van der Waals surface area contributed by atoms with Crippen LogP contribution in [0.15, 0.2) is 12.7 Å². The zero-order valence-electron chi connectivity index (χ0n) is 8.08. The fourth-order valence-corrected chi connectivity index (χ4v) is 2.50. The molecule has 1 aliphatic rings. The number of carbonyl (C=O) groups is 1. The lowest BCUT2D eigenvalue weighted by Crippen LogP contribution is -2.46. The van der Waals surface area contributed by atoms with Crippen molar-refractivity contribution in [3.63, 3.8) is 0 Å². The van der Waals surface area contributed by atoms with Crippen molar-refractivity contribution < 1.29 is 9.90 Å². The molecule has 1 rings (SSSR count). The van der Waals surface area contributed by atoms with Crippen molar-refractivity contribution in [3.05, 3.63) is 12.7 Å². The predicted molar refractivity (Wildman–Crippen MR) is 58.5 cm³/mol. The minimum Gasteiger partial charge on any atom is -0.387 e. The third kappa shape index (κ3) is 3.59. The third-order valence-corrected chi connectivity index (χ3v) is 3.30. The highest BCUT2D eigenvalue weighted by molar-refractivity contribution is 7.99. The number of nitrogens with one attached hydrogen (secondary N) is 2. The van der Waals surface area contributed by atoms with E-state index in [2.05, 4.69) is 17.2 Å². The monoisotopic (exact) mass is 216 g/mol. The molecule has 1 unspecified atom stereocenters. The van der Waals surface area contributed by atoms with Gasteiger partial charge < -0.3 is 15.7 Å². The van der Waals surface area contributed by atoms with E-state index in [-0.39, 0.29) is 6.03 Å². The summed E-state index contributed by atoms with van der Waals surface area (Å²) >= 11 is 1.71. The van der Waals surface area contributed by atoms with Gasteiger partial charge in [-0.25, -0.2) is 4.79 Å². The average Bonchev–Trinajstić information content (AvgIpc) is 2.60. The molecule has 0 spiro atoms. The summed E-state index contributed by atoms with van der Waals surface area (Å²) in [6.45, 7) is 4.25. The van der Waals surface area contributed by atoms with Crippen LogP contribution in [0.1, 0.15) is 6.42 Å². The Balaban J connectivity index is 2.18. The summed E-state index contributed by atoms with van der Waals surface area (Å²) in [7, 11) is 0. The van der Waals surface area contributed by atoms with Crippen LogP contribution >= 0.6 is 11.8 Å². The predicted octanol–water partition coefficient (Wildman–Crippen LogP) is 0.340. The lowest BCUT2D eigenvalue weighted by Gasteiger charge is -2.21. The Morgan fingerprint density at radius 3 is 3.00 bits per heavy atom. The van der Waals surface area contributed by atoms with Crippen molar-refractivity contribution in [2.24, 2.45) is 0 Å². The minimum atomic E-state index is -0.712. The zero-order chi connectivity index (χ0) is 10.4. The maximum absolute atomic E-state index is 11.1. The van der Waals surface area contributed by atoms with Gasteiger partial charge in [0, 0.05) is 18.8 Å². The molecule has 1 saturated heterocycles. The van der Waals surface area contributed by atoms with E-state index in [9.17, 15) is 9.90 Å². The summed E-state index contributed by atoms with van der Waals surface area (Å²) in [6.07, 6.45) is 2.36. The number of carbonyl (C=O) groups excluding carboxylic acids is 1. The Hall–Kier alpha value is -0.680. The van der Waals surface area contributed by atoms with E-state index < -0.39 is 5.60 Å². The number of rotatable bonds is 4. The molecule has 2 amide bonds. The van der Waals surface area contributed by atoms with Gasteiger partial charge in [0.15, 0.2) is 0 Å². The first-order valence-corrected chi connectivity index (χ1v) is 5.74. The molecule has 0 radical (unpaired) electrons. The molecule has 0 aromatic carbocycles. The summed E-state index contributed by atoms with van der Waals surface area (Å²) in [5.74, 6) is 1.67. The van der Waals surface area contributed by atoms with Crippen molar-refractivity contribution >= 4 is 17.8 Å². The van der Waals surface area contributed by atoms with Crippen molar-refractivity contribution in [2.45, 2.75) is 12.0 Å². The van der Waals surface area contributed by atoms with Crippen LogP contribution in [0.5, 0.6) is 0 Å². The quantitative estimate of drug-likeness (QED) is 0.594. The van der Waals surface area contributed by atoms with Gasteiger partial charge in [-0.3, -0.25) is 0 Å². The summed E-state index contributed by atoms with van der Waals surface area (Å²) in [6, 6.07) is -0.254. The van der Waals surface area contributed by atoms with Gasteiger partial charge in [-0.15, -0.1) is 6.58 Å². The summed E-state index contributed by atoms with van der Waals surface area (Å²) in [4.78, 5) is 11.1. The molecular weight excluding hydrogens is 200 g/mol. The molecular formula is C9H16N2O2S. The van der Waals surface area contributed by atoms with Crippen LogP contribution in [-0.2, 0) is 0 Å². The Kier molecular flexibility index (Phi) is 4.28. The van der Waals surface area contributed by atoms with Crippen LogP contribution in [0.3, 0.4) is 0 Å². The second kappa shape index (κ2) is 5.26. The van der Waals surface area contributed by atoms with Gasteiger partial charge in [-0.05, 0) is 12.2 Å². The van der Waals surface area contributed by atoms with Crippen LogP contribution < -0.4 is 10.6 Å². The second-order valence-electron chi connectivity index (χ2n) is 3.38. The van der Waals surface area contributed by atoms with Gasteiger partial charge in [0.05, 0.1) is 5.60 Å². The SMILES string of the molecule is C=CCNC(=O)NCC1(O)CCSC1. The molecule has 3 N–H and O–H groups in total. The highest BCUT2D eigenvalue weighted by Crippen LogP contribution is 2.26.